The maximum absolute atomic E-state index is 12.4. The number of benzene rings is 1. The average Bonchev–Trinajstić information content (AvgIpc) is 2.58. The Labute approximate surface area is 149 Å². The van der Waals surface area contributed by atoms with E-state index in [9.17, 15) is 4.79 Å². The Balaban J connectivity index is 2.09. The van der Waals surface area contributed by atoms with Gasteiger partial charge >= 0.3 is 0 Å². The van der Waals surface area contributed by atoms with Gasteiger partial charge in [-0.1, -0.05) is 0 Å². The second-order valence-corrected chi connectivity index (χ2v) is 6.23. The van der Waals surface area contributed by atoms with Gasteiger partial charge in [0.25, 0.3) is 5.91 Å². The summed E-state index contributed by atoms with van der Waals surface area (Å²) in [4.78, 5) is 14.7. The van der Waals surface area contributed by atoms with Crippen LogP contribution in [0.3, 0.4) is 0 Å². The summed E-state index contributed by atoms with van der Waals surface area (Å²) >= 11 is 0. The first-order chi connectivity index (χ1) is 11.9. The van der Waals surface area contributed by atoms with Crippen molar-refractivity contribution in [2.24, 2.45) is 0 Å². The van der Waals surface area contributed by atoms with Crippen LogP contribution in [0, 0.1) is 6.92 Å². The minimum absolute atomic E-state index is 0.262. The predicted octanol–water partition coefficient (Wildman–Crippen LogP) is 3.70. The van der Waals surface area contributed by atoms with Crippen LogP contribution in [0.2, 0.25) is 0 Å². The fourth-order valence-electron chi connectivity index (χ4n) is 2.59. The first kappa shape index (κ1) is 18.7. The summed E-state index contributed by atoms with van der Waals surface area (Å²) in [7, 11) is 0. The Bertz CT molecular complexity index is 708. The SMILES string of the molecule is CCN(CC)c1ccc(NC(=O)c2ccc(NC(C)C)nn2)c(C)c1. The van der Waals surface area contributed by atoms with Crippen LogP contribution in [0.15, 0.2) is 30.3 Å². The molecule has 2 aromatic rings. The maximum Gasteiger partial charge on any atom is 0.276 e. The number of hydrogen-bond donors (Lipinski definition) is 2. The zero-order valence-electron chi connectivity index (χ0n) is 15.6. The van der Waals surface area contributed by atoms with Gasteiger partial charge in [-0.3, -0.25) is 4.79 Å². The normalized spacial score (nSPS) is 10.6. The van der Waals surface area contributed by atoms with Gasteiger partial charge in [-0.2, -0.15) is 0 Å². The van der Waals surface area contributed by atoms with Gasteiger partial charge in [0.05, 0.1) is 0 Å². The lowest BCUT2D eigenvalue weighted by molar-refractivity contribution is 0.102. The van der Waals surface area contributed by atoms with Crippen molar-refractivity contribution in [1.82, 2.24) is 10.2 Å². The molecule has 0 spiro atoms. The van der Waals surface area contributed by atoms with Crippen LogP contribution in [-0.4, -0.2) is 35.2 Å². The first-order valence-corrected chi connectivity index (χ1v) is 8.71. The summed E-state index contributed by atoms with van der Waals surface area (Å²) in [6.45, 7) is 12.2. The standard InChI is InChI=1S/C19H27N5O/c1-6-24(7-2)15-8-9-16(14(5)12-15)21-19(25)17-10-11-18(23-22-17)20-13(3)4/h8-13H,6-7H2,1-5H3,(H,20,23)(H,21,25). The number of carbonyl (C=O) groups excluding carboxylic acids is 1. The van der Waals surface area contributed by atoms with Crippen LogP contribution in [0.4, 0.5) is 17.2 Å². The molecular weight excluding hydrogens is 314 g/mol. The van der Waals surface area contributed by atoms with E-state index in [4.69, 9.17) is 0 Å². The minimum Gasteiger partial charge on any atom is -0.372 e. The van der Waals surface area contributed by atoms with Crippen molar-refractivity contribution in [3.05, 3.63) is 41.6 Å². The molecule has 0 bridgehead atoms. The number of amides is 1. The molecule has 0 aliphatic rings. The van der Waals surface area contributed by atoms with Gasteiger partial charge in [-0.15, -0.1) is 10.2 Å². The Morgan fingerprint density at radius 2 is 1.84 bits per heavy atom. The third-order valence-corrected chi connectivity index (χ3v) is 3.92. The third kappa shape index (κ3) is 4.92. The highest BCUT2D eigenvalue weighted by Gasteiger charge is 2.11. The maximum atomic E-state index is 12.4. The zero-order valence-corrected chi connectivity index (χ0v) is 15.6. The Kier molecular flexibility index (Phi) is 6.33. The monoisotopic (exact) mass is 341 g/mol. The summed E-state index contributed by atoms with van der Waals surface area (Å²) in [6, 6.07) is 9.75. The molecule has 1 aromatic carbocycles. The van der Waals surface area contributed by atoms with Crippen LogP contribution in [0.25, 0.3) is 0 Å². The van der Waals surface area contributed by atoms with E-state index in [1.54, 1.807) is 12.1 Å². The molecule has 1 aromatic heterocycles. The molecule has 0 atom stereocenters. The van der Waals surface area contributed by atoms with E-state index >= 15 is 0 Å². The van der Waals surface area contributed by atoms with Crippen LogP contribution in [-0.2, 0) is 0 Å². The first-order valence-electron chi connectivity index (χ1n) is 8.71. The molecule has 0 saturated heterocycles. The summed E-state index contributed by atoms with van der Waals surface area (Å²) in [5.41, 5.74) is 3.25. The van der Waals surface area contributed by atoms with E-state index in [1.807, 2.05) is 32.9 Å². The van der Waals surface area contributed by atoms with E-state index in [2.05, 4.69) is 45.6 Å². The predicted molar refractivity (Wildman–Crippen MR) is 103 cm³/mol. The largest absolute Gasteiger partial charge is 0.372 e. The second-order valence-electron chi connectivity index (χ2n) is 6.23. The van der Waals surface area contributed by atoms with Crippen molar-refractivity contribution in [2.75, 3.05) is 28.6 Å². The number of nitrogens with zero attached hydrogens (tertiary/aromatic N) is 3. The lowest BCUT2D eigenvalue weighted by Crippen LogP contribution is -2.22. The van der Waals surface area contributed by atoms with Gasteiger partial charge in [-0.25, -0.2) is 0 Å². The van der Waals surface area contributed by atoms with Gasteiger partial charge < -0.3 is 15.5 Å². The van der Waals surface area contributed by atoms with Crippen LogP contribution in [0.1, 0.15) is 43.7 Å². The van der Waals surface area contributed by atoms with E-state index < -0.39 is 0 Å². The van der Waals surface area contributed by atoms with Crippen molar-refractivity contribution in [3.63, 3.8) is 0 Å². The number of aromatic nitrogens is 2. The molecule has 0 fully saturated rings. The molecular formula is C19H27N5O. The Morgan fingerprint density at radius 1 is 1.12 bits per heavy atom. The molecule has 0 saturated carbocycles. The van der Waals surface area contributed by atoms with E-state index in [0.29, 0.717) is 11.5 Å². The van der Waals surface area contributed by atoms with Gasteiger partial charge in [0.1, 0.15) is 5.82 Å². The van der Waals surface area contributed by atoms with Gasteiger partial charge in [0.15, 0.2) is 5.69 Å². The highest BCUT2D eigenvalue weighted by Crippen LogP contribution is 2.23. The quantitative estimate of drug-likeness (QED) is 0.803. The number of rotatable bonds is 7. The molecule has 1 heterocycles. The number of hydrogen-bond acceptors (Lipinski definition) is 5. The van der Waals surface area contributed by atoms with E-state index in [-0.39, 0.29) is 11.9 Å². The molecule has 6 heteroatoms. The topological polar surface area (TPSA) is 70.2 Å². The molecule has 6 nitrogen and oxygen atoms in total. The Morgan fingerprint density at radius 3 is 2.36 bits per heavy atom. The average molecular weight is 341 g/mol. The van der Waals surface area contributed by atoms with Crippen molar-refractivity contribution >= 4 is 23.1 Å². The molecule has 2 N–H and O–H groups in total. The molecule has 134 valence electrons. The summed E-state index contributed by atoms with van der Waals surface area (Å²) in [5.74, 6) is 0.397. The highest BCUT2D eigenvalue weighted by atomic mass is 16.1. The highest BCUT2D eigenvalue weighted by molar-refractivity contribution is 6.03. The number of aryl methyl sites for hydroxylation is 1. The Hall–Kier alpha value is -2.63. The summed E-state index contributed by atoms with van der Waals surface area (Å²) in [6.07, 6.45) is 0. The molecule has 1 amide bonds. The molecule has 0 unspecified atom stereocenters. The van der Waals surface area contributed by atoms with E-state index in [0.717, 1.165) is 30.0 Å². The fraction of sp³-hybridized carbons (Fsp3) is 0.421. The van der Waals surface area contributed by atoms with Crippen LogP contribution < -0.4 is 15.5 Å². The van der Waals surface area contributed by atoms with Gasteiger partial charge in [0.2, 0.25) is 0 Å². The van der Waals surface area contributed by atoms with Gasteiger partial charge in [0, 0.05) is 30.5 Å². The van der Waals surface area contributed by atoms with Gasteiger partial charge in [-0.05, 0) is 70.5 Å². The van der Waals surface area contributed by atoms with Crippen molar-refractivity contribution in [3.8, 4) is 0 Å². The van der Waals surface area contributed by atoms with Crippen molar-refractivity contribution < 1.29 is 4.79 Å². The van der Waals surface area contributed by atoms with Crippen LogP contribution >= 0.6 is 0 Å². The number of nitrogens with one attached hydrogen (secondary N) is 2. The summed E-state index contributed by atoms with van der Waals surface area (Å²) in [5, 5.41) is 14.1. The molecule has 0 aliphatic heterocycles. The molecule has 2 rings (SSSR count). The molecule has 25 heavy (non-hydrogen) atoms. The smallest absolute Gasteiger partial charge is 0.276 e. The van der Waals surface area contributed by atoms with E-state index in [1.165, 1.54) is 0 Å². The number of anilines is 3. The van der Waals surface area contributed by atoms with Crippen molar-refractivity contribution in [2.45, 2.75) is 40.7 Å². The zero-order chi connectivity index (χ0) is 18.4. The molecule has 0 radical (unpaired) electrons. The lowest BCUT2D eigenvalue weighted by atomic mass is 10.1. The minimum atomic E-state index is -0.262. The fourth-order valence-corrected chi connectivity index (χ4v) is 2.59. The number of carbonyl (C=O) groups is 1. The summed E-state index contributed by atoms with van der Waals surface area (Å²) < 4.78 is 0. The van der Waals surface area contributed by atoms with Crippen molar-refractivity contribution in [1.29, 1.82) is 0 Å². The third-order valence-electron chi connectivity index (χ3n) is 3.92. The second kappa shape index (κ2) is 8.46. The molecule has 0 aliphatic carbocycles. The lowest BCUT2D eigenvalue weighted by Gasteiger charge is -2.22. The van der Waals surface area contributed by atoms with Crippen LogP contribution in [0.5, 0.6) is 0 Å².